The van der Waals surface area contributed by atoms with Gasteiger partial charge in [0, 0.05) is 6.54 Å². The molecule has 0 aliphatic carbocycles. The molecule has 0 aromatic rings. The molecule has 0 radical (unpaired) electrons. The van der Waals surface area contributed by atoms with Crippen molar-refractivity contribution in [2.24, 2.45) is 5.92 Å². The van der Waals surface area contributed by atoms with Gasteiger partial charge in [0.2, 0.25) is 0 Å². The Bertz CT molecular complexity index is 130. The molecule has 0 amide bonds. The molecule has 0 spiro atoms. The average Bonchev–Trinajstić information content (AvgIpc) is 2.51. The average molecular weight is 186 g/mol. The summed E-state index contributed by atoms with van der Waals surface area (Å²) in [6.07, 6.45) is 2.91. The number of rotatable bonds is 6. The lowest BCUT2D eigenvalue weighted by molar-refractivity contribution is 0.120. The van der Waals surface area contributed by atoms with Crippen LogP contribution in [0.25, 0.3) is 0 Å². The summed E-state index contributed by atoms with van der Waals surface area (Å²) in [6.45, 7) is 6.44. The Morgan fingerprint density at radius 1 is 1.38 bits per heavy atom. The van der Waals surface area contributed by atoms with Gasteiger partial charge in [0.15, 0.2) is 0 Å². The molecular weight excluding hydrogens is 164 g/mol. The maximum atomic E-state index is 5.49. The van der Waals surface area contributed by atoms with Crippen LogP contribution >= 0.6 is 0 Å². The maximum Gasteiger partial charge on any atom is 0.0551 e. The van der Waals surface area contributed by atoms with Crippen LogP contribution in [0.2, 0.25) is 0 Å². The van der Waals surface area contributed by atoms with E-state index in [-0.39, 0.29) is 0 Å². The molecule has 0 aromatic heterocycles. The summed E-state index contributed by atoms with van der Waals surface area (Å²) >= 11 is 0. The Morgan fingerprint density at radius 2 is 2.23 bits per heavy atom. The molecule has 3 nitrogen and oxygen atoms in total. The molecular formula is C10H22N2O. The molecule has 78 valence electrons. The first-order valence-corrected chi connectivity index (χ1v) is 5.30. The molecule has 2 N–H and O–H groups in total. The fourth-order valence-electron chi connectivity index (χ4n) is 1.74. The van der Waals surface area contributed by atoms with Crippen LogP contribution in [-0.4, -0.2) is 39.4 Å². The van der Waals surface area contributed by atoms with Crippen molar-refractivity contribution in [1.29, 1.82) is 0 Å². The van der Waals surface area contributed by atoms with Crippen molar-refractivity contribution in [3.63, 3.8) is 0 Å². The highest BCUT2D eigenvalue weighted by molar-refractivity contribution is 4.72. The van der Waals surface area contributed by atoms with E-state index in [4.69, 9.17) is 4.74 Å². The highest BCUT2D eigenvalue weighted by Gasteiger charge is 2.20. The molecule has 13 heavy (non-hydrogen) atoms. The van der Waals surface area contributed by atoms with Crippen LogP contribution in [0.5, 0.6) is 0 Å². The standard InChI is InChI=1S/C10H22N2O/c1-9-6-10(8-13-9)7-12-5-3-4-11-2/h9-12H,3-8H2,1-2H3. The second-order valence-corrected chi connectivity index (χ2v) is 3.91. The lowest BCUT2D eigenvalue weighted by atomic mass is 10.1. The first-order valence-electron chi connectivity index (χ1n) is 5.30. The molecule has 2 atom stereocenters. The Balaban J connectivity index is 1.88. The van der Waals surface area contributed by atoms with Gasteiger partial charge in [0.1, 0.15) is 0 Å². The van der Waals surface area contributed by atoms with E-state index in [1.807, 2.05) is 7.05 Å². The molecule has 3 heteroatoms. The van der Waals surface area contributed by atoms with Crippen molar-refractivity contribution in [3.05, 3.63) is 0 Å². The van der Waals surface area contributed by atoms with Crippen molar-refractivity contribution < 1.29 is 4.74 Å². The molecule has 1 aliphatic rings. The fraction of sp³-hybridized carbons (Fsp3) is 1.00. The van der Waals surface area contributed by atoms with E-state index in [2.05, 4.69) is 17.6 Å². The zero-order valence-electron chi connectivity index (χ0n) is 8.81. The van der Waals surface area contributed by atoms with Gasteiger partial charge in [-0.05, 0) is 45.8 Å². The summed E-state index contributed by atoms with van der Waals surface area (Å²) < 4.78 is 5.49. The van der Waals surface area contributed by atoms with Gasteiger partial charge in [0.25, 0.3) is 0 Å². The molecule has 0 saturated carbocycles. The van der Waals surface area contributed by atoms with Gasteiger partial charge >= 0.3 is 0 Å². The van der Waals surface area contributed by atoms with Crippen LogP contribution in [0.3, 0.4) is 0 Å². The third-order valence-electron chi connectivity index (χ3n) is 2.50. The third kappa shape index (κ3) is 4.60. The van der Waals surface area contributed by atoms with Crippen LogP contribution < -0.4 is 10.6 Å². The van der Waals surface area contributed by atoms with E-state index < -0.39 is 0 Å². The van der Waals surface area contributed by atoms with Gasteiger partial charge in [-0.15, -0.1) is 0 Å². The molecule has 0 bridgehead atoms. The first kappa shape index (κ1) is 11.0. The van der Waals surface area contributed by atoms with E-state index in [9.17, 15) is 0 Å². The number of hydrogen-bond acceptors (Lipinski definition) is 3. The second-order valence-electron chi connectivity index (χ2n) is 3.91. The second kappa shape index (κ2) is 6.35. The lowest BCUT2D eigenvalue weighted by Crippen LogP contribution is -2.26. The van der Waals surface area contributed by atoms with Gasteiger partial charge < -0.3 is 15.4 Å². The monoisotopic (exact) mass is 186 g/mol. The van der Waals surface area contributed by atoms with Crippen molar-refractivity contribution in [2.45, 2.75) is 25.9 Å². The predicted molar refractivity (Wildman–Crippen MR) is 54.9 cm³/mol. The van der Waals surface area contributed by atoms with Crippen LogP contribution in [0.15, 0.2) is 0 Å². The highest BCUT2D eigenvalue weighted by atomic mass is 16.5. The molecule has 2 unspecified atom stereocenters. The predicted octanol–water partition coefficient (Wildman–Crippen LogP) is 0.611. The summed E-state index contributed by atoms with van der Waals surface area (Å²) in [7, 11) is 1.99. The quantitative estimate of drug-likeness (QED) is 0.596. The van der Waals surface area contributed by atoms with Gasteiger partial charge in [-0.2, -0.15) is 0 Å². The summed E-state index contributed by atoms with van der Waals surface area (Å²) in [5.41, 5.74) is 0. The summed E-state index contributed by atoms with van der Waals surface area (Å²) in [4.78, 5) is 0. The van der Waals surface area contributed by atoms with Crippen molar-refractivity contribution in [3.8, 4) is 0 Å². The summed E-state index contributed by atoms with van der Waals surface area (Å²) in [5, 5.41) is 6.60. The number of hydrogen-bond donors (Lipinski definition) is 2. The van der Waals surface area contributed by atoms with Crippen LogP contribution in [0, 0.1) is 5.92 Å². The van der Waals surface area contributed by atoms with Gasteiger partial charge in [-0.3, -0.25) is 0 Å². The largest absolute Gasteiger partial charge is 0.378 e. The van der Waals surface area contributed by atoms with E-state index in [1.54, 1.807) is 0 Å². The maximum absolute atomic E-state index is 5.49. The molecule has 1 aliphatic heterocycles. The Labute approximate surface area is 81.2 Å². The van der Waals surface area contributed by atoms with Crippen molar-refractivity contribution >= 4 is 0 Å². The van der Waals surface area contributed by atoms with Crippen LogP contribution in [0.4, 0.5) is 0 Å². The molecule has 1 fully saturated rings. The zero-order valence-corrected chi connectivity index (χ0v) is 8.81. The van der Waals surface area contributed by atoms with Gasteiger partial charge in [0.05, 0.1) is 12.7 Å². The van der Waals surface area contributed by atoms with Gasteiger partial charge in [-0.25, -0.2) is 0 Å². The Kier molecular flexibility index (Phi) is 5.35. The lowest BCUT2D eigenvalue weighted by Gasteiger charge is -2.08. The Hall–Kier alpha value is -0.120. The molecule has 1 rings (SSSR count). The smallest absolute Gasteiger partial charge is 0.0551 e. The normalized spacial score (nSPS) is 28.2. The summed E-state index contributed by atoms with van der Waals surface area (Å²) in [6, 6.07) is 0. The van der Waals surface area contributed by atoms with E-state index in [1.165, 1.54) is 12.8 Å². The van der Waals surface area contributed by atoms with Gasteiger partial charge in [-0.1, -0.05) is 0 Å². The molecule has 1 heterocycles. The third-order valence-corrected chi connectivity index (χ3v) is 2.50. The minimum Gasteiger partial charge on any atom is -0.378 e. The van der Waals surface area contributed by atoms with E-state index in [0.29, 0.717) is 6.10 Å². The van der Waals surface area contributed by atoms with Crippen molar-refractivity contribution in [2.75, 3.05) is 33.3 Å². The summed E-state index contributed by atoms with van der Waals surface area (Å²) in [5.74, 6) is 0.740. The van der Waals surface area contributed by atoms with E-state index >= 15 is 0 Å². The molecule has 0 aromatic carbocycles. The minimum atomic E-state index is 0.476. The fourth-order valence-corrected chi connectivity index (χ4v) is 1.74. The highest BCUT2D eigenvalue weighted by Crippen LogP contribution is 2.17. The number of nitrogens with one attached hydrogen (secondary N) is 2. The molecule has 1 saturated heterocycles. The van der Waals surface area contributed by atoms with E-state index in [0.717, 1.165) is 32.2 Å². The zero-order chi connectivity index (χ0) is 9.52. The Morgan fingerprint density at radius 3 is 2.85 bits per heavy atom. The van der Waals surface area contributed by atoms with Crippen LogP contribution in [0.1, 0.15) is 19.8 Å². The number of ether oxygens (including phenoxy) is 1. The van der Waals surface area contributed by atoms with Crippen LogP contribution in [-0.2, 0) is 4.74 Å². The minimum absolute atomic E-state index is 0.476. The topological polar surface area (TPSA) is 33.3 Å². The first-order chi connectivity index (χ1) is 6.33. The van der Waals surface area contributed by atoms with Crippen molar-refractivity contribution in [1.82, 2.24) is 10.6 Å². The SMILES string of the molecule is CNCCCNCC1COC(C)C1.